The van der Waals surface area contributed by atoms with Gasteiger partial charge in [0, 0.05) is 0 Å². The molecule has 0 radical (unpaired) electrons. The third kappa shape index (κ3) is 677. The molecule has 0 aromatic rings. The van der Waals surface area contributed by atoms with E-state index in [0.29, 0.717) is 0 Å². The van der Waals surface area contributed by atoms with Gasteiger partial charge in [0.2, 0.25) is 0 Å². The van der Waals surface area contributed by atoms with E-state index in [1.54, 1.807) is 0 Å². The van der Waals surface area contributed by atoms with Crippen LogP contribution in [0.15, 0.2) is 0 Å². The molecular formula is H12As2O9Se3. The monoisotopic (exact) mass is 546 g/mol. The molecule has 14 heavy (non-hydrogen) atoms. The summed E-state index contributed by atoms with van der Waals surface area (Å²) in [7, 11) is 0. The first-order chi connectivity index (χ1) is 5.20. The van der Waals surface area contributed by atoms with Gasteiger partial charge in [-0.15, -0.1) is 0 Å². The second kappa shape index (κ2) is 24.2. The van der Waals surface area contributed by atoms with Crippen molar-refractivity contribution in [3.8, 4) is 0 Å². The second-order valence-electron chi connectivity index (χ2n) is 0.692. The van der Waals surface area contributed by atoms with Gasteiger partial charge in [-0.2, -0.15) is 0 Å². The Bertz CT molecular complexity index is 116. The third-order valence-electron chi connectivity index (χ3n) is 0. The minimum atomic E-state index is -3.29. The summed E-state index contributed by atoms with van der Waals surface area (Å²) in [6.07, 6.45) is 0. The van der Waals surface area contributed by atoms with E-state index < -0.39 is 43.5 Å². The summed E-state index contributed by atoms with van der Waals surface area (Å²) < 4.78 is 69.4. The van der Waals surface area contributed by atoms with Crippen molar-refractivity contribution >= 4 is 79.4 Å². The average Bonchev–Trinajstić information content (AvgIpc) is 1.54. The van der Waals surface area contributed by atoms with Gasteiger partial charge in [-0.05, 0) is 0 Å². The first-order valence-electron chi connectivity index (χ1n) is 1.60. The Morgan fingerprint density at radius 1 is 0.500 bits per heavy atom. The van der Waals surface area contributed by atoms with Gasteiger partial charge in [-0.25, -0.2) is 0 Å². The summed E-state index contributed by atoms with van der Waals surface area (Å²) in [5, 5.41) is 0. The van der Waals surface area contributed by atoms with Crippen LogP contribution in [0.1, 0.15) is 0 Å². The average molecular weight is 543 g/mol. The summed E-state index contributed by atoms with van der Waals surface area (Å²) >= 11 is -9.88. The van der Waals surface area contributed by atoms with Crippen LogP contribution in [0, 0.1) is 0 Å². The number of rotatable bonds is 0. The van der Waals surface area contributed by atoms with Crippen LogP contribution in [-0.2, 0) is 11.5 Å². The molecule has 0 aliphatic heterocycles. The molecule has 0 aliphatic rings. The molecule has 0 saturated carbocycles. The molecule has 0 aromatic heterocycles. The fraction of sp³-hybridized carbons (Fsp3) is 0. The van der Waals surface area contributed by atoms with Crippen LogP contribution in [0.4, 0.5) is 0 Å². The molecule has 94 valence electrons. The Labute approximate surface area is 115 Å². The molecule has 9 nitrogen and oxygen atoms in total. The van der Waals surface area contributed by atoms with Gasteiger partial charge < -0.3 is 0 Å². The van der Waals surface area contributed by atoms with Crippen molar-refractivity contribution in [3.05, 3.63) is 0 Å². The van der Waals surface area contributed by atoms with E-state index in [1.165, 1.54) is 0 Å². The maximum atomic E-state index is 8.76. The normalized spacial score (nSPS) is 7.50. The minimum absolute atomic E-state index is 0. The van der Waals surface area contributed by atoms with Gasteiger partial charge in [0.25, 0.3) is 0 Å². The molecule has 0 spiro atoms. The van der Waals surface area contributed by atoms with E-state index in [0.717, 1.165) is 0 Å². The van der Waals surface area contributed by atoms with Crippen LogP contribution in [0.5, 0.6) is 0 Å². The van der Waals surface area contributed by atoms with Crippen molar-refractivity contribution in [2.45, 2.75) is 0 Å². The molecule has 2 atom stereocenters. The Balaban J connectivity index is -0.0000000270. The number of hydrogen-bond acceptors (Lipinski definition) is 3. The van der Waals surface area contributed by atoms with Gasteiger partial charge in [-0.3, -0.25) is 0 Å². The summed E-state index contributed by atoms with van der Waals surface area (Å²) in [6.45, 7) is 0. The van der Waals surface area contributed by atoms with Gasteiger partial charge in [0.15, 0.2) is 0 Å². The Kier molecular flexibility index (Phi) is 51.3. The first kappa shape index (κ1) is 29.7. The molecule has 0 amide bonds. The fourth-order valence-electron chi connectivity index (χ4n) is 0. The molecular weight excluding hydrogens is 531 g/mol. The van der Waals surface area contributed by atoms with Crippen molar-refractivity contribution in [3.63, 3.8) is 0 Å². The number of hydrogen-bond donors (Lipinski definition) is 6. The van der Waals surface area contributed by atoms with Gasteiger partial charge in [0.05, 0.1) is 0 Å². The van der Waals surface area contributed by atoms with E-state index in [-0.39, 0.29) is 35.9 Å². The molecule has 0 aliphatic carbocycles. The summed E-state index contributed by atoms with van der Waals surface area (Å²) in [6, 6.07) is 0. The zero-order valence-corrected chi connectivity index (χ0v) is 17.6. The Morgan fingerprint density at radius 2 is 0.500 bits per heavy atom. The standard InChI is InChI=1S/2AsH3.3H2O3Se/c;;3*1-4(2)3/h2*1H3;3*(H2,1,2,3). The van der Waals surface area contributed by atoms with Crippen molar-refractivity contribution < 1.29 is 36.6 Å². The second-order valence-corrected chi connectivity index (χ2v) is 3.60. The zero-order chi connectivity index (χ0) is 10.7. The Hall–Kier alpha value is 1.84. The molecule has 0 rings (SSSR count). The van der Waals surface area contributed by atoms with Crippen LogP contribution in [0.2, 0.25) is 0 Å². The van der Waals surface area contributed by atoms with E-state index in [1.807, 2.05) is 0 Å². The topological polar surface area (TPSA) is 173 Å². The van der Waals surface area contributed by atoms with Crippen molar-refractivity contribution in [1.29, 1.82) is 0 Å². The van der Waals surface area contributed by atoms with Gasteiger partial charge in [0.1, 0.15) is 0 Å². The van der Waals surface area contributed by atoms with E-state index in [2.05, 4.69) is 0 Å². The van der Waals surface area contributed by atoms with Crippen molar-refractivity contribution in [2.24, 2.45) is 0 Å². The molecule has 0 heterocycles. The predicted molar refractivity (Wildman–Crippen MR) is 52.5 cm³/mol. The van der Waals surface area contributed by atoms with Crippen LogP contribution in [-0.4, -0.2) is 105 Å². The van der Waals surface area contributed by atoms with E-state index in [4.69, 9.17) is 36.6 Å². The van der Waals surface area contributed by atoms with Crippen LogP contribution < -0.4 is 0 Å². The molecule has 6 N–H and O–H groups in total. The Morgan fingerprint density at radius 3 is 0.500 bits per heavy atom. The molecule has 0 bridgehead atoms. The van der Waals surface area contributed by atoms with Crippen molar-refractivity contribution in [2.75, 3.05) is 0 Å². The predicted octanol–water partition coefficient (Wildman–Crippen LogP) is -7.21. The summed E-state index contributed by atoms with van der Waals surface area (Å²) in [5.74, 6) is 0. The van der Waals surface area contributed by atoms with Crippen molar-refractivity contribution in [1.82, 2.24) is 0 Å². The van der Waals surface area contributed by atoms with E-state index >= 15 is 0 Å². The zero-order valence-electron chi connectivity index (χ0n) is 6.55. The van der Waals surface area contributed by atoms with Crippen LogP contribution in [0.25, 0.3) is 0 Å². The molecule has 0 fully saturated rings. The molecule has 2 unspecified atom stereocenters. The molecule has 14 heteroatoms. The van der Waals surface area contributed by atoms with Crippen LogP contribution >= 0.6 is 0 Å². The first-order valence-corrected chi connectivity index (χ1v) is 8.29. The molecule has 0 aromatic carbocycles. The summed E-state index contributed by atoms with van der Waals surface area (Å²) in [5.41, 5.74) is 0. The van der Waals surface area contributed by atoms with Crippen LogP contribution in [0.3, 0.4) is 0 Å². The van der Waals surface area contributed by atoms with Gasteiger partial charge >= 0.3 is 116 Å². The summed E-state index contributed by atoms with van der Waals surface area (Å²) in [4.78, 5) is 0. The fourth-order valence-corrected chi connectivity index (χ4v) is 0. The SMILES string of the molecule is O=[Se](O)O.O=[Se](O)O.O=[Se](O)O.[AsH3].[AsH3]. The maximum absolute atomic E-state index is 8.76. The third-order valence-corrected chi connectivity index (χ3v) is 0. The molecule has 0 saturated heterocycles. The van der Waals surface area contributed by atoms with E-state index in [9.17, 15) is 0 Å². The van der Waals surface area contributed by atoms with Gasteiger partial charge in [-0.1, -0.05) is 0 Å². The quantitative estimate of drug-likeness (QED) is 0.163.